The van der Waals surface area contributed by atoms with Crippen molar-refractivity contribution < 1.29 is 8.78 Å². The number of nitrogens with zero attached hydrogens (tertiary/aromatic N) is 2. The maximum atomic E-state index is 14.2. The molecule has 0 saturated carbocycles. The van der Waals surface area contributed by atoms with Crippen molar-refractivity contribution in [3.05, 3.63) is 53.6 Å². The zero-order valence-electron chi connectivity index (χ0n) is 12.9. The van der Waals surface area contributed by atoms with E-state index >= 15 is 0 Å². The van der Waals surface area contributed by atoms with Crippen LogP contribution in [0.15, 0.2) is 41.4 Å². The fourth-order valence-electron chi connectivity index (χ4n) is 1.84. The molecule has 0 amide bonds. The molecule has 0 radical (unpaired) electrons. The van der Waals surface area contributed by atoms with Crippen LogP contribution in [-0.4, -0.2) is 24.8 Å². The zero-order chi connectivity index (χ0) is 16.1. The summed E-state index contributed by atoms with van der Waals surface area (Å²) >= 11 is 0. The Labute approximate surface area is 129 Å². The van der Waals surface area contributed by atoms with Gasteiger partial charge in [-0.1, -0.05) is 0 Å². The molecule has 0 bridgehead atoms. The van der Waals surface area contributed by atoms with Gasteiger partial charge < -0.3 is 10.2 Å². The molecule has 0 saturated heterocycles. The number of aryl methyl sites for hydroxylation is 1. The van der Waals surface area contributed by atoms with Gasteiger partial charge >= 0.3 is 0 Å². The third kappa shape index (κ3) is 4.04. The Kier molecular flexibility index (Phi) is 5.09. The molecular formula is C17H19F2N3. The molecule has 0 atom stereocenters. The molecule has 1 N–H and O–H groups in total. The average molecular weight is 303 g/mol. The number of rotatable bonds is 5. The van der Waals surface area contributed by atoms with E-state index in [1.54, 1.807) is 24.5 Å². The first-order valence-corrected chi connectivity index (χ1v) is 7.06. The van der Waals surface area contributed by atoms with E-state index in [1.807, 2.05) is 25.8 Å². The standard InChI is InChI=1S/C17H19F2N3/c1-4-22(3)11-20-16-10-15(19)17(9-12(16)2)21-14-7-5-13(18)6-8-14/h5-11,21H,4H2,1-3H3/b20-11+. The maximum absolute atomic E-state index is 14.2. The zero-order valence-corrected chi connectivity index (χ0v) is 12.9. The molecule has 2 aromatic rings. The molecule has 0 heterocycles. The molecule has 0 fully saturated rings. The second-order valence-corrected chi connectivity index (χ2v) is 5.07. The van der Waals surface area contributed by atoms with E-state index in [0.717, 1.165) is 12.1 Å². The molecule has 0 aliphatic carbocycles. The first kappa shape index (κ1) is 15.9. The molecule has 3 nitrogen and oxygen atoms in total. The van der Waals surface area contributed by atoms with Crippen molar-refractivity contribution in [3.63, 3.8) is 0 Å². The highest BCUT2D eigenvalue weighted by atomic mass is 19.1. The van der Waals surface area contributed by atoms with Crippen LogP contribution in [0.4, 0.5) is 25.8 Å². The van der Waals surface area contributed by atoms with E-state index in [1.165, 1.54) is 18.2 Å². The molecule has 5 heteroatoms. The molecule has 0 spiro atoms. The number of anilines is 2. The lowest BCUT2D eigenvalue weighted by Gasteiger charge is -2.12. The summed E-state index contributed by atoms with van der Waals surface area (Å²) in [5.74, 6) is -0.729. The van der Waals surface area contributed by atoms with Gasteiger partial charge in [-0.15, -0.1) is 0 Å². The van der Waals surface area contributed by atoms with Crippen LogP contribution in [0.5, 0.6) is 0 Å². The molecule has 2 rings (SSSR count). The Morgan fingerprint density at radius 2 is 1.86 bits per heavy atom. The van der Waals surface area contributed by atoms with E-state index in [4.69, 9.17) is 0 Å². The maximum Gasteiger partial charge on any atom is 0.148 e. The van der Waals surface area contributed by atoms with Gasteiger partial charge in [-0.05, 0) is 49.7 Å². The lowest BCUT2D eigenvalue weighted by atomic mass is 10.1. The van der Waals surface area contributed by atoms with E-state index in [-0.39, 0.29) is 5.82 Å². The minimum atomic E-state index is -0.402. The van der Waals surface area contributed by atoms with Gasteiger partial charge in [0.05, 0.1) is 17.7 Å². The van der Waals surface area contributed by atoms with Crippen molar-refractivity contribution in [1.29, 1.82) is 0 Å². The first-order valence-electron chi connectivity index (χ1n) is 7.06. The first-order chi connectivity index (χ1) is 10.5. The Bertz CT molecular complexity index is 666. The quantitative estimate of drug-likeness (QED) is 0.644. The fourth-order valence-corrected chi connectivity index (χ4v) is 1.84. The molecule has 0 aromatic heterocycles. The van der Waals surface area contributed by atoms with Crippen LogP contribution in [0.1, 0.15) is 12.5 Å². The van der Waals surface area contributed by atoms with Crippen LogP contribution < -0.4 is 5.32 Å². The Morgan fingerprint density at radius 1 is 1.18 bits per heavy atom. The summed E-state index contributed by atoms with van der Waals surface area (Å²) < 4.78 is 27.1. The molecule has 0 aliphatic heterocycles. The van der Waals surface area contributed by atoms with Crippen LogP contribution in [-0.2, 0) is 0 Å². The smallest absolute Gasteiger partial charge is 0.148 e. The minimum Gasteiger partial charge on any atom is -0.366 e. The third-order valence-electron chi connectivity index (χ3n) is 3.30. The van der Waals surface area contributed by atoms with Gasteiger partial charge in [0.25, 0.3) is 0 Å². The van der Waals surface area contributed by atoms with Crippen molar-refractivity contribution in [1.82, 2.24) is 4.90 Å². The van der Waals surface area contributed by atoms with Gasteiger partial charge in [-0.2, -0.15) is 0 Å². The highest BCUT2D eigenvalue weighted by molar-refractivity contribution is 5.68. The van der Waals surface area contributed by atoms with E-state index in [2.05, 4.69) is 10.3 Å². The van der Waals surface area contributed by atoms with Crippen molar-refractivity contribution in [2.24, 2.45) is 4.99 Å². The van der Waals surface area contributed by atoms with E-state index < -0.39 is 5.82 Å². The second-order valence-electron chi connectivity index (χ2n) is 5.07. The number of nitrogens with one attached hydrogen (secondary N) is 1. The van der Waals surface area contributed by atoms with Gasteiger partial charge in [0.15, 0.2) is 0 Å². The van der Waals surface area contributed by atoms with Crippen molar-refractivity contribution in [2.45, 2.75) is 13.8 Å². The SMILES string of the molecule is CCN(C)/C=N/c1cc(F)c(Nc2ccc(F)cc2)cc1C. The van der Waals surface area contributed by atoms with Crippen LogP contribution in [0.2, 0.25) is 0 Å². The summed E-state index contributed by atoms with van der Waals surface area (Å²) in [6, 6.07) is 8.86. The summed E-state index contributed by atoms with van der Waals surface area (Å²) in [4.78, 5) is 6.19. The molecule has 22 heavy (non-hydrogen) atoms. The summed E-state index contributed by atoms with van der Waals surface area (Å²) in [5, 5.41) is 2.94. The van der Waals surface area contributed by atoms with Gasteiger partial charge in [-0.3, -0.25) is 0 Å². The largest absolute Gasteiger partial charge is 0.366 e. The Morgan fingerprint density at radius 3 is 2.50 bits per heavy atom. The summed E-state index contributed by atoms with van der Waals surface area (Å²) in [6.45, 7) is 4.71. The van der Waals surface area contributed by atoms with Crippen LogP contribution in [0.25, 0.3) is 0 Å². The monoisotopic (exact) mass is 303 g/mol. The Balaban J connectivity index is 2.22. The third-order valence-corrected chi connectivity index (χ3v) is 3.30. The predicted octanol–water partition coefficient (Wildman–Crippen LogP) is 4.63. The highest BCUT2D eigenvalue weighted by Gasteiger charge is 2.07. The highest BCUT2D eigenvalue weighted by Crippen LogP contribution is 2.28. The topological polar surface area (TPSA) is 27.6 Å². The van der Waals surface area contributed by atoms with Crippen LogP contribution in [0.3, 0.4) is 0 Å². The lowest BCUT2D eigenvalue weighted by molar-refractivity contribution is 0.552. The van der Waals surface area contributed by atoms with Crippen molar-refractivity contribution >= 4 is 23.4 Å². The van der Waals surface area contributed by atoms with Crippen molar-refractivity contribution in [2.75, 3.05) is 18.9 Å². The van der Waals surface area contributed by atoms with Gasteiger partial charge in [-0.25, -0.2) is 13.8 Å². The van der Waals surface area contributed by atoms with E-state index in [0.29, 0.717) is 17.1 Å². The minimum absolute atomic E-state index is 0.327. The summed E-state index contributed by atoms with van der Waals surface area (Å²) in [7, 11) is 1.90. The average Bonchev–Trinajstić information content (AvgIpc) is 2.51. The molecule has 2 aromatic carbocycles. The lowest BCUT2D eigenvalue weighted by Crippen LogP contribution is -2.14. The number of halogens is 2. The summed E-state index contributed by atoms with van der Waals surface area (Å²) in [6.07, 6.45) is 1.68. The van der Waals surface area contributed by atoms with Crippen molar-refractivity contribution in [3.8, 4) is 0 Å². The second kappa shape index (κ2) is 7.02. The number of benzene rings is 2. The summed E-state index contributed by atoms with van der Waals surface area (Å²) in [5.41, 5.74) is 2.41. The van der Waals surface area contributed by atoms with Crippen LogP contribution in [0, 0.1) is 18.6 Å². The molecular weight excluding hydrogens is 284 g/mol. The number of hydrogen-bond acceptors (Lipinski definition) is 2. The Hall–Kier alpha value is -2.43. The van der Waals surface area contributed by atoms with E-state index in [9.17, 15) is 8.78 Å². The number of aliphatic imine (C=N–C) groups is 1. The normalized spacial score (nSPS) is 11.0. The van der Waals surface area contributed by atoms with Gasteiger partial charge in [0, 0.05) is 25.3 Å². The van der Waals surface area contributed by atoms with Gasteiger partial charge in [0.1, 0.15) is 11.6 Å². The predicted molar refractivity (Wildman–Crippen MR) is 87.3 cm³/mol. The molecule has 0 aliphatic rings. The molecule has 0 unspecified atom stereocenters. The van der Waals surface area contributed by atoms with Crippen LogP contribution >= 0.6 is 0 Å². The number of hydrogen-bond donors (Lipinski definition) is 1. The fraction of sp³-hybridized carbons (Fsp3) is 0.235. The van der Waals surface area contributed by atoms with Gasteiger partial charge in [0.2, 0.25) is 0 Å². The molecule has 116 valence electrons.